The molecule has 0 radical (unpaired) electrons. The molecule has 10 heteroatoms. The molecule has 1 unspecified atom stereocenters. The van der Waals surface area contributed by atoms with Gasteiger partial charge in [0.25, 0.3) is 5.91 Å². The summed E-state index contributed by atoms with van der Waals surface area (Å²) in [6.45, 7) is 0. The number of aliphatic hydroxyl groups excluding tert-OH is 1. The number of carbonyl (C=O) groups is 2. The van der Waals surface area contributed by atoms with Crippen molar-refractivity contribution in [2.24, 2.45) is 0 Å². The van der Waals surface area contributed by atoms with Crippen molar-refractivity contribution in [2.75, 3.05) is 11.2 Å². The number of aliphatic hydroxyl groups is 1. The molecule has 2 amide bonds. The molecule has 6 nitrogen and oxygen atoms in total. The number of alkyl halides is 4. The number of nitrogens with one attached hydrogen (secondary N) is 3. The number of para-hydroxylation sites is 1. The van der Waals surface area contributed by atoms with Gasteiger partial charge in [-0.3, -0.25) is 20.4 Å². The molecule has 0 aliphatic carbocycles. The third-order valence-corrected chi connectivity index (χ3v) is 3.93. The molecule has 0 saturated carbocycles. The van der Waals surface area contributed by atoms with Crippen LogP contribution < -0.4 is 16.2 Å². The summed E-state index contributed by atoms with van der Waals surface area (Å²) >= 11 is 5.40. The normalized spacial score (nSPS) is 12.2. The number of amides is 2. The van der Waals surface area contributed by atoms with E-state index in [1.165, 1.54) is 18.2 Å². The van der Waals surface area contributed by atoms with Crippen LogP contribution >= 0.6 is 11.6 Å². The maximum atomic E-state index is 12.6. The van der Waals surface area contributed by atoms with Gasteiger partial charge in [0.15, 0.2) is 0 Å². The Morgan fingerprint density at radius 1 is 1.04 bits per heavy atom. The predicted molar refractivity (Wildman–Crippen MR) is 98.1 cm³/mol. The maximum Gasteiger partial charge on any atom is 0.416 e. The summed E-state index contributed by atoms with van der Waals surface area (Å²) < 4.78 is 37.9. The van der Waals surface area contributed by atoms with Crippen molar-refractivity contribution < 1.29 is 27.9 Å². The first-order valence-electron chi connectivity index (χ1n) is 8.07. The first-order valence-corrected chi connectivity index (χ1v) is 8.60. The molecule has 1 atom stereocenters. The number of rotatable bonds is 6. The molecular formula is C18H17ClF3N3O3. The highest BCUT2D eigenvalue weighted by atomic mass is 35.5. The largest absolute Gasteiger partial charge is 0.416 e. The van der Waals surface area contributed by atoms with Gasteiger partial charge in [-0.2, -0.15) is 13.2 Å². The van der Waals surface area contributed by atoms with Gasteiger partial charge in [0.05, 0.1) is 29.3 Å². The summed E-state index contributed by atoms with van der Waals surface area (Å²) in [5, 5.41) is 12.2. The van der Waals surface area contributed by atoms with Crippen molar-refractivity contribution in [3.63, 3.8) is 0 Å². The molecule has 2 aromatic rings. The molecule has 0 fully saturated rings. The third kappa shape index (κ3) is 6.14. The van der Waals surface area contributed by atoms with Crippen LogP contribution in [-0.4, -0.2) is 28.9 Å². The smallest absolute Gasteiger partial charge is 0.391 e. The average Bonchev–Trinajstić information content (AvgIpc) is 2.66. The first kappa shape index (κ1) is 21.5. The van der Waals surface area contributed by atoms with Crippen LogP contribution in [0.4, 0.5) is 24.5 Å². The van der Waals surface area contributed by atoms with E-state index in [0.29, 0.717) is 11.4 Å². The first-order chi connectivity index (χ1) is 13.2. The molecule has 4 N–H and O–H groups in total. The zero-order chi connectivity index (χ0) is 20.7. The lowest BCUT2D eigenvalue weighted by molar-refractivity contribution is -0.137. The Morgan fingerprint density at radius 3 is 2.29 bits per heavy atom. The minimum Gasteiger partial charge on any atom is -0.391 e. The van der Waals surface area contributed by atoms with Crippen LogP contribution in [0.5, 0.6) is 0 Å². The number of hydrazine groups is 1. The van der Waals surface area contributed by atoms with E-state index in [1.807, 2.05) is 0 Å². The molecule has 0 bridgehead atoms. The molecule has 0 aromatic heterocycles. The Morgan fingerprint density at radius 2 is 1.68 bits per heavy atom. The summed E-state index contributed by atoms with van der Waals surface area (Å²) in [6, 6.07) is 10.6. The summed E-state index contributed by atoms with van der Waals surface area (Å²) in [5.41, 5.74) is 4.40. The fraction of sp³-hybridized carbons (Fsp3) is 0.222. The number of halogens is 4. The summed E-state index contributed by atoms with van der Waals surface area (Å²) in [5.74, 6) is -1.40. The lowest BCUT2D eigenvalue weighted by Gasteiger charge is -2.14. The van der Waals surface area contributed by atoms with Gasteiger partial charge in [-0.15, -0.1) is 11.6 Å². The van der Waals surface area contributed by atoms with Crippen molar-refractivity contribution in [3.05, 3.63) is 59.7 Å². The molecule has 0 aliphatic heterocycles. The summed E-state index contributed by atoms with van der Waals surface area (Å²) in [4.78, 5) is 23.9. The zero-order valence-electron chi connectivity index (χ0n) is 14.4. The Hall–Kier alpha value is -2.78. The topological polar surface area (TPSA) is 90.5 Å². The van der Waals surface area contributed by atoms with Crippen molar-refractivity contribution in [3.8, 4) is 0 Å². The van der Waals surface area contributed by atoms with E-state index in [2.05, 4.69) is 16.2 Å². The van der Waals surface area contributed by atoms with Gasteiger partial charge < -0.3 is 10.4 Å². The third-order valence-electron chi connectivity index (χ3n) is 3.58. The predicted octanol–water partition coefficient (Wildman–Crippen LogP) is 3.20. The van der Waals surface area contributed by atoms with Gasteiger partial charge in [-0.05, 0) is 36.4 Å². The maximum absolute atomic E-state index is 12.6. The molecule has 0 aliphatic rings. The lowest BCUT2D eigenvalue weighted by atomic mass is 10.1. The standard InChI is InChI=1S/C18H17ClF3N3O3/c19-10-13(26)9-16(27)24-25-17(28)14-3-1-2-4-15(14)23-12-7-5-11(6-8-12)18(20,21)22/h1-8,13,23,26H,9-10H2,(H,24,27)(H,25,28). The van der Waals surface area contributed by atoms with Crippen LogP contribution in [0.2, 0.25) is 0 Å². The SMILES string of the molecule is O=C(CC(O)CCl)NNC(=O)c1ccccc1Nc1ccc(C(F)(F)F)cc1. The average molecular weight is 416 g/mol. The lowest BCUT2D eigenvalue weighted by Crippen LogP contribution is -2.43. The van der Waals surface area contributed by atoms with Gasteiger partial charge in [0, 0.05) is 11.6 Å². The van der Waals surface area contributed by atoms with E-state index in [-0.39, 0.29) is 17.9 Å². The van der Waals surface area contributed by atoms with Gasteiger partial charge in [-0.1, -0.05) is 12.1 Å². The quantitative estimate of drug-likeness (QED) is 0.431. The Balaban J connectivity index is 2.06. The van der Waals surface area contributed by atoms with Crippen LogP contribution in [0.1, 0.15) is 22.3 Å². The van der Waals surface area contributed by atoms with Gasteiger partial charge in [-0.25, -0.2) is 0 Å². The van der Waals surface area contributed by atoms with E-state index < -0.39 is 29.7 Å². The fourth-order valence-electron chi connectivity index (χ4n) is 2.20. The van der Waals surface area contributed by atoms with E-state index >= 15 is 0 Å². The van der Waals surface area contributed by atoms with E-state index in [1.54, 1.807) is 18.2 Å². The monoisotopic (exact) mass is 415 g/mol. The number of benzene rings is 2. The van der Waals surface area contributed by atoms with Gasteiger partial charge >= 0.3 is 6.18 Å². The highest BCUT2D eigenvalue weighted by Crippen LogP contribution is 2.30. The second-order valence-corrected chi connectivity index (χ2v) is 6.07. The van der Waals surface area contributed by atoms with E-state index in [4.69, 9.17) is 11.6 Å². The highest BCUT2D eigenvalue weighted by Gasteiger charge is 2.30. The fourth-order valence-corrected chi connectivity index (χ4v) is 2.31. The van der Waals surface area contributed by atoms with Crippen molar-refractivity contribution >= 4 is 34.8 Å². The van der Waals surface area contributed by atoms with Crippen molar-refractivity contribution in [1.82, 2.24) is 10.9 Å². The van der Waals surface area contributed by atoms with Crippen LogP contribution in [0.15, 0.2) is 48.5 Å². The Kier molecular flexibility index (Phi) is 7.24. The molecule has 0 saturated heterocycles. The number of hydrogen-bond donors (Lipinski definition) is 4. The summed E-state index contributed by atoms with van der Waals surface area (Å²) in [6.07, 6.45) is -5.76. The zero-order valence-corrected chi connectivity index (χ0v) is 15.1. The Labute approximate surface area is 163 Å². The van der Waals surface area contributed by atoms with Crippen molar-refractivity contribution in [1.29, 1.82) is 0 Å². The minimum absolute atomic E-state index is 0.124. The molecule has 2 rings (SSSR count). The molecule has 150 valence electrons. The van der Waals surface area contributed by atoms with Crippen LogP contribution in [0.3, 0.4) is 0 Å². The van der Waals surface area contributed by atoms with Gasteiger partial charge in [0.1, 0.15) is 0 Å². The molecule has 28 heavy (non-hydrogen) atoms. The number of carbonyl (C=O) groups excluding carboxylic acids is 2. The number of hydrogen-bond acceptors (Lipinski definition) is 4. The second-order valence-electron chi connectivity index (χ2n) is 5.76. The number of anilines is 2. The van der Waals surface area contributed by atoms with E-state index in [0.717, 1.165) is 12.1 Å². The molecular weight excluding hydrogens is 399 g/mol. The molecule has 0 spiro atoms. The summed E-state index contributed by atoms with van der Waals surface area (Å²) in [7, 11) is 0. The van der Waals surface area contributed by atoms with E-state index in [9.17, 15) is 27.9 Å². The van der Waals surface area contributed by atoms with Gasteiger partial charge in [0.2, 0.25) is 5.91 Å². The van der Waals surface area contributed by atoms with Crippen molar-refractivity contribution in [2.45, 2.75) is 18.7 Å². The van der Waals surface area contributed by atoms with Crippen LogP contribution in [0, 0.1) is 0 Å². The van der Waals surface area contributed by atoms with Crippen LogP contribution in [0.25, 0.3) is 0 Å². The molecule has 0 heterocycles. The van der Waals surface area contributed by atoms with Crippen LogP contribution in [-0.2, 0) is 11.0 Å². The Bertz CT molecular complexity index is 829. The minimum atomic E-state index is -4.44. The molecule has 2 aromatic carbocycles. The second kappa shape index (κ2) is 9.43. The highest BCUT2D eigenvalue weighted by molar-refractivity contribution is 6.18.